The van der Waals surface area contributed by atoms with Gasteiger partial charge in [-0.2, -0.15) is 0 Å². The van der Waals surface area contributed by atoms with Gasteiger partial charge in [-0.15, -0.1) is 0 Å². The van der Waals surface area contributed by atoms with Crippen molar-refractivity contribution in [3.05, 3.63) is 252 Å². The minimum absolute atomic E-state index is 0.583. The first-order chi connectivity index (χ1) is 34.9. The van der Waals surface area contributed by atoms with Gasteiger partial charge >= 0.3 is 0 Å². The molecule has 2 aliphatic carbocycles. The van der Waals surface area contributed by atoms with Gasteiger partial charge in [0.15, 0.2) is 0 Å². The molecule has 340 valence electrons. The third-order valence-electron chi connectivity index (χ3n) is 15.8. The van der Waals surface area contributed by atoms with Crippen molar-refractivity contribution in [1.29, 1.82) is 0 Å². The van der Waals surface area contributed by atoms with Crippen LogP contribution in [0.4, 0.5) is 34.1 Å². The maximum atomic E-state index is 2.51. The van der Waals surface area contributed by atoms with Crippen LogP contribution in [0.15, 0.2) is 218 Å². The van der Waals surface area contributed by atoms with Gasteiger partial charge in [0.05, 0.1) is 5.41 Å². The molecular formula is C67H52N4. The zero-order valence-corrected chi connectivity index (χ0v) is 40.5. The second-order valence-corrected chi connectivity index (χ2v) is 19.6. The van der Waals surface area contributed by atoms with Crippen molar-refractivity contribution in [2.45, 2.75) is 46.2 Å². The quantitative estimate of drug-likeness (QED) is 0.151. The van der Waals surface area contributed by atoms with Crippen LogP contribution >= 0.6 is 0 Å². The molecule has 0 radical (unpaired) electrons. The van der Waals surface area contributed by atoms with E-state index in [9.17, 15) is 0 Å². The Bertz CT molecular complexity index is 3850. The summed E-state index contributed by atoms with van der Waals surface area (Å²) in [5.41, 5.74) is 24.1. The first kappa shape index (κ1) is 41.4. The van der Waals surface area contributed by atoms with Gasteiger partial charge in [-0.25, -0.2) is 0 Å². The molecular weight excluding hydrogens is 861 g/mol. The van der Waals surface area contributed by atoms with Crippen LogP contribution in [0.2, 0.25) is 0 Å². The van der Waals surface area contributed by atoms with Gasteiger partial charge in [-0.05, 0) is 181 Å². The standard InChI is InChI=1S/C67H52N4/c1-5-68-63-33-25-43(3)37-55(63)57-39-47(29-35-65(57)68)70(45-17-9-7-10-18-45)49-27-31-53-54-32-28-50(42-62(54)67(61(53)41-49)59-23-15-13-21-51(59)52-22-14-16-24-60(52)67)71(46-19-11-8-12-20-46)48-30-36-66-58(40-48)56-38-44(4)26-34-64(56)69(66)6-2/h7-42H,5-6H2,1-4H3. The molecule has 4 nitrogen and oxygen atoms in total. The van der Waals surface area contributed by atoms with Crippen LogP contribution in [-0.2, 0) is 18.5 Å². The molecule has 0 N–H and O–H groups in total. The van der Waals surface area contributed by atoms with Gasteiger partial charge in [-0.1, -0.05) is 120 Å². The molecule has 0 unspecified atom stereocenters. The lowest BCUT2D eigenvalue weighted by Gasteiger charge is -2.33. The topological polar surface area (TPSA) is 16.3 Å². The van der Waals surface area contributed by atoms with Crippen LogP contribution in [0.1, 0.15) is 47.2 Å². The minimum atomic E-state index is -0.583. The first-order valence-electron chi connectivity index (χ1n) is 25.2. The van der Waals surface area contributed by atoms with Crippen LogP contribution in [-0.4, -0.2) is 9.13 Å². The molecule has 71 heavy (non-hydrogen) atoms. The maximum absolute atomic E-state index is 2.51. The third-order valence-corrected chi connectivity index (χ3v) is 15.8. The average Bonchev–Trinajstić information content (AvgIpc) is 4.11. The van der Waals surface area contributed by atoms with E-state index >= 15 is 0 Å². The summed E-state index contributed by atoms with van der Waals surface area (Å²) in [5, 5.41) is 5.13. The van der Waals surface area contributed by atoms with Crippen LogP contribution in [0.25, 0.3) is 65.9 Å². The van der Waals surface area contributed by atoms with E-state index in [1.165, 1.54) is 99.2 Å². The Labute approximate surface area is 414 Å². The van der Waals surface area contributed by atoms with Crippen molar-refractivity contribution >= 4 is 77.7 Å². The van der Waals surface area contributed by atoms with Crippen LogP contribution in [0.3, 0.4) is 0 Å². The Morgan fingerprint density at radius 1 is 0.310 bits per heavy atom. The van der Waals surface area contributed by atoms with Gasteiger partial charge in [0.1, 0.15) is 0 Å². The van der Waals surface area contributed by atoms with Crippen molar-refractivity contribution in [3.63, 3.8) is 0 Å². The fraction of sp³-hybridized carbons (Fsp3) is 0.104. The average molecular weight is 913 g/mol. The fourth-order valence-electron chi connectivity index (χ4n) is 12.8. The monoisotopic (exact) mass is 912 g/mol. The minimum Gasteiger partial charge on any atom is -0.341 e. The number of hydrogen-bond acceptors (Lipinski definition) is 2. The summed E-state index contributed by atoms with van der Waals surface area (Å²) in [4.78, 5) is 4.92. The Kier molecular flexibility index (Phi) is 9.16. The number of para-hydroxylation sites is 2. The van der Waals surface area contributed by atoms with Crippen molar-refractivity contribution in [3.8, 4) is 22.3 Å². The van der Waals surface area contributed by atoms with E-state index in [0.717, 1.165) is 47.2 Å². The molecule has 2 aromatic heterocycles. The zero-order chi connectivity index (χ0) is 47.5. The van der Waals surface area contributed by atoms with Crippen molar-refractivity contribution in [1.82, 2.24) is 9.13 Å². The Morgan fingerprint density at radius 2 is 0.648 bits per heavy atom. The summed E-state index contributed by atoms with van der Waals surface area (Å²) in [6.07, 6.45) is 0. The SMILES string of the molecule is CCn1c2ccc(C)cc2c2cc(N(c3ccccc3)c3ccc4c(c3)C3(c5ccccc5-c5ccccc53)c3cc(N(c5ccccc5)c5ccc6c(c5)c5cc(C)ccc5n6CC)ccc3-4)ccc21. The Morgan fingerprint density at radius 3 is 1.07 bits per heavy atom. The lowest BCUT2D eigenvalue weighted by molar-refractivity contribution is 0.793. The molecule has 12 aromatic rings. The lowest BCUT2D eigenvalue weighted by atomic mass is 9.70. The van der Waals surface area contributed by atoms with E-state index in [-0.39, 0.29) is 0 Å². The maximum Gasteiger partial charge on any atom is 0.0727 e. The second-order valence-electron chi connectivity index (χ2n) is 19.6. The van der Waals surface area contributed by atoms with E-state index in [1.54, 1.807) is 0 Å². The highest BCUT2D eigenvalue weighted by atomic mass is 15.2. The number of benzene rings is 10. The summed E-state index contributed by atoms with van der Waals surface area (Å²) < 4.78 is 4.90. The summed E-state index contributed by atoms with van der Waals surface area (Å²) >= 11 is 0. The molecule has 0 aliphatic heterocycles. The van der Waals surface area contributed by atoms with Gasteiger partial charge < -0.3 is 18.9 Å². The number of nitrogens with zero attached hydrogens (tertiary/aromatic N) is 4. The number of aromatic nitrogens is 2. The number of fused-ring (bicyclic) bond motifs is 16. The van der Waals surface area contributed by atoms with Crippen LogP contribution < -0.4 is 9.80 Å². The van der Waals surface area contributed by atoms with Gasteiger partial charge in [-0.3, -0.25) is 0 Å². The summed E-state index contributed by atoms with van der Waals surface area (Å²) in [7, 11) is 0. The predicted molar refractivity (Wildman–Crippen MR) is 299 cm³/mol. The van der Waals surface area contributed by atoms with Gasteiger partial charge in [0.2, 0.25) is 0 Å². The molecule has 0 bridgehead atoms. The van der Waals surface area contributed by atoms with Crippen molar-refractivity contribution < 1.29 is 0 Å². The smallest absolute Gasteiger partial charge is 0.0727 e. The van der Waals surface area contributed by atoms with E-state index in [1.807, 2.05) is 0 Å². The molecule has 1 spiro atoms. The normalized spacial score (nSPS) is 13.0. The van der Waals surface area contributed by atoms with Crippen molar-refractivity contribution in [2.24, 2.45) is 0 Å². The largest absolute Gasteiger partial charge is 0.341 e. The highest BCUT2D eigenvalue weighted by Gasteiger charge is 2.52. The Hall–Kier alpha value is -8.60. The molecule has 0 atom stereocenters. The summed E-state index contributed by atoms with van der Waals surface area (Å²) in [6.45, 7) is 10.7. The first-order valence-corrected chi connectivity index (χ1v) is 25.2. The number of hydrogen-bond donors (Lipinski definition) is 0. The van der Waals surface area contributed by atoms with E-state index in [0.29, 0.717) is 0 Å². The van der Waals surface area contributed by atoms with Crippen molar-refractivity contribution in [2.75, 3.05) is 9.80 Å². The highest BCUT2D eigenvalue weighted by Crippen LogP contribution is 2.64. The predicted octanol–water partition coefficient (Wildman–Crippen LogP) is 17.8. The molecule has 0 saturated carbocycles. The molecule has 0 fully saturated rings. The molecule has 0 amide bonds. The summed E-state index contributed by atoms with van der Waals surface area (Å²) in [5.74, 6) is 0. The summed E-state index contributed by atoms with van der Waals surface area (Å²) in [6, 6.07) is 82.5. The number of aryl methyl sites for hydroxylation is 4. The molecule has 2 aliphatic rings. The number of anilines is 6. The van der Waals surface area contributed by atoms with Gasteiger partial charge in [0, 0.05) is 90.8 Å². The second kappa shape index (κ2) is 15.7. The molecule has 2 heterocycles. The fourth-order valence-corrected chi connectivity index (χ4v) is 12.8. The Balaban J connectivity index is 1.01. The zero-order valence-electron chi connectivity index (χ0n) is 40.5. The van der Waals surface area contributed by atoms with E-state index < -0.39 is 5.41 Å². The van der Waals surface area contributed by atoms with E-state index in [2.05, 4.69) is 265 Å². The third kappa shape index (κ3) is 5.91. The molecule has 10 aromatic carbocycles. The van der Waals surface area contributed by atoms with Crippen LogP contribution in [0, 0.1) is 13.8 Å². The van der Waals surface area contributed by atoms with Gasteiger partial charge in [0.25, 0.3) is 0 Å². The van der Waals surface area contributed by atoms with Crippen LogP contribution in [0.5, 0.6) is 0 Å². The molecule has 14 rings (SSSR count). The number of rotatable bonds is 8. The van der Waals surface area contributed by atoms with E-state index in [4.69, 9.17) is 0 Å². The molecule has 0 saturated heterocycles. The molecule has 4 heteroatoms. The highest BCUT2D eigenvalue weighted by molar-refractivity contribution is 6.11. The lowest BCUT2D eigenvalue weighted by Crippen LogP contribution is -2.26.